The summed E-state index contributed by atoms with van der Waals surface area (Å²) < 4.78 is 37.9. The van der Waals surface area contributed by atoms with Gasteiger partial charge in [0.1, 0.15) is 5.69 Å². The molecule has 0 aliphatic heterocycles. The van der Waals surface area contributed by atoms with E-state index in [1.165, 1.54) is 12.1 Å². The minimum absolute atomic E-state index is 0.0463. The molecule has 8 heteroatoms. The molecule has 2 N–H and O–H groups in total. The van der Waals surface area contributed by atoms with Gasteiger partial charge in [-0.2, -0.15) is 13.2 Å². The van der Waals surface area contributed by atoms with Gasteiger partial charge in [-0.15, -0.1) is 0 Å². The highest BCUT2D eigenvalue weighted by Gasteiger charge is 2.30. The number of aromatic nitrogens is 2. The average Bonchev–Trinajstić information content (AvgIpc) is 3.37. The number of nitrogens with one attached hydrogen (secondary N) is 2. The van der Waals surface area contributed by atoms with Gasteiger partial charge in [-0.05, 0) is 36.5 Å². The molecule has 1 saturated carbocycles. The Labute approximate surface area is 147 Å². The molecule has 0 unspecified atom stereocenters. The number of H-pyrrole nitrogens is 1. The van der Waals surface area contributed by atoms with Gasteiger partial charge < -0.3 is 5.32 Å². The summed E-state index contributed by atoms with van der Waals surface area (Å²) in [5, 5.41) is 3.03. The van der Waals surface area contributed by atoms with Crippen LogP contribution >= 0.6 is 0 Å². The van der Waals surface area contributed by atoms with Gasteiger partial charge in [0.15, 0.2) is 5.78 Å². The first kappa shape index (κ1) is 18.2. The van der Waals surface area contributed by atoms with E-state index in [2.05, 4.69) is 15.3 Å². The molecule has 3 rings (SSSR count). The van der Waals surface area contributed by atoms with Gasteiger partial charge in [-0.1, -0.05) is 19.1 Å². The lowest BCUT2D eigenvalue weighted by atomic mass is 9.94. The molecule has 0 bridgehead atoms. The second-order valence-electron chi connectivity index (χ2n) is 6.55. The maximum absolute atomic E-state index is 12.6. The predicted molar refractivity (Wildman–Crippen MR) is 90.3 cm³/mol. The predicted octanol–water partition coefficient (Wildman–Crippen LogP) is 3.74. The number of hydrogen-bond acceptors (Lipinski definition) is 4. The lowest BCUT2D eigenvalue weighted by Gasteiger charge is -2.13. The lowest BCUT2D eigenvalue weighted by Crippen LogP contribution is -2.18. The van der Waals surface area contributed by atoms with Gasteiger partial charge in [0, 0.05) is 18.5 Å². The number of Topliss-reactive ketones (excluding diaryl/α,β-unsaturated/α-hetero) is 1. The highest BCUT2D eigenvalue weighted by Crippen LogP contribution is 2.31. The minimum Gasteiger partial charge on any atom is -0.353 e. The topological polar surface area (TPSA) is 74.8 Å². The third kappa shape index (κ3) is 4.50. The zero-order valence-corrected chi connectivity index (χ0v) is 14.1. The van der Waals surface area contributed by atoms with Crippen LogP contribution in [0.3, 0.4) is 0 Å². The highest BCUT2D eigenvalue weighted by molar-refractivity contribution is 5.94. The summed E-state index contributed by atoms with van der Waals surface area (Å²) in [6, 6.07) is 6.14. The molecule has 138 valence electrons. The number of carbonyl (C=O) groups excluding carboxylic acids is 1. The fraction of sp³-hybridized carbons (Fsp3) is 0.389. The normalized spacial score (nSPS) is 15.5. The van der Waals surface area contributed by atoms with Crippen molar-refractivity contribution in [3.63, 3.8) is 0 Å². The smallest absolute Gasteiger partial charge is 0.353 e. The molecule has 1 aliphatic rings. The molecule has 1 heterocycles. The van der Waals surface area contributed by atoms with Crippen molar-refractivity contribution in [2.45, 2.75) is 44.3 Å². The van der Waals surface area contributed by atoms with E-state index in [1.54, 1.807) is 6.92 Å². The van der Waals surface area contributed by atoms with Crippen LogP contribution in [-0.2, 0) is 6.18 Å². The number of alkyl halides is 3. The summed E-state index contributed by atoms with van der Waals surface area (Å²) in [6.07, 6.45) is -2.36. The van der Waals surface area contributed by atoms with Gasteiger partial charge in [-0.3, -0.25) is 14.6 Å². The number of aromatic amines is 1. The number of ketones is 1. The van der Waals surface area contributed by atoms with Crippen molar-refractivity contribution in [3.8, 4) is 0 Å². The van der Waals surface area contributed by atoms with E-state index < -0.39 is 17.3 Å². The molecule has 1 aliphatic carbocycles. The monoisotopic (exact) mass is 365 g/mol. The highest BCUT2D eigenvalue weighted by atomic mass is 19.4. The Morgan fingerprint density at radius 2 is 1.96 bits per heavy atom. The molecule has 2 aromatic rings. The first-order valence-electron chi connectivity index (χ1n) is 8.30. The minimum atomic E-state index is -4.39. The maximum atomic E-state index is 12.6. The van der Waals surface area contributed by atoms with Gasteiger partial charge in [0.2, 0.25) is 5.95 Å². The Hall–Kier alpha value is -2.64. The first-order valence-corrected chi connectivity index (χ1v) is 8.30. The Morgan fingerprint density at radius 1 is 1.31 bits per heavy atom. The third-order valence-corrected chi connectivity index (χ3v) is 4.24. The number of hydrogen-bond donors (Lipinski definition) is 2. The van der Waals surface area contributed by atoms with E-state index in [4.69, 9.17) is 0 Å². The second kappa shape index (κ2) is 6.93. The number of benzene rings is 1. The molecule has 1 aromatic carbocycles. The fourth-order valence-electron chi connectivity index (χ4n) is 2.59. The van der Waals surface area contributed by atoms with Crippen LogP contribution < -0.4 is 10.9 Å². The van der Waals surface area contributed by atoms with Crippen LogP contribution in [0.15, 0.2) is 35.1 Å². The molecule has 0 amide bonds. The quantitative estimate of drug-likeness (QED) is 0.765. The van der Waals surface area contributed by atoms with Crippen molar-refractivity contribution in [2.75, 3.05) is 5.32 Å². The van der Waals surface area contributed by atoms with Gasteiger partial charge in [0.25, 0.3) is 5.56 Å². The van der Waals surface area contributed by atoms with Crippen molar-refractivity contribution in [2.24, 2.45) is 0 Å². The van der Waals surface area contributed by atoms with E-state index in [9.17, 15) is 22.8 Å². The Balaban J connectivity index is 1.70. The zero-order chi connectivity index (χ0) is 18.9. The number of rotatable bonds is 6. The van der Waals surface area contributed by atoms with Crippen LogP contribution in [0.5, 0.6) is 0 Å². The van der Waals surface area contributed by atoms with E-state index >= 15 is 0 Å². The van der Waals surface area contributed by atoms with Gasteiger partial charge in [0.05, 0.1) is 5.56 Å². The summed E-state index contributed by atoms with van der Waals surface area (Å²) in [7, 11) is 0. The number of halogens is 3. The van der Waals surface area contributed by atoms with Crippen molar-refractivity contribution >= 4 is 11.7 Å². The molecule has 1 fully saturated rings. The van der Waals surface area contributed by atoms with Crippen LogP contribution in [0.2, 0.25) is 0 Å². The molecule has 5 nitrogen and oxygen atoms in total. The van der Waals surface area contributed by atoms with E-state index in [-0.39, 0.29) is 35.8 Å². The summed E-state index contributed by atoms with van der Waals surface area (Å²) in [6.45, 7) is 1.75. The lowest BCUT2D eigenvalue weighted by molar-refractivity contribution is -0.137. The summed E-state index contributed by atoms with van der Waals surface area (Å²) in [4.78, 5) is 30.8. The molecule has 0 spiro atoms. The molecule has 0 saturated heterocycles. The SMILES string of the molecule is C[C@@H](CC(=O)c1cc(=O)[nH]c(NC2CC2)n1)c1ccc(C(F)(F)F)cc1. The van der Waals surface area contributed by atoms with Gasteiger partial charge in [-0.25, -0.2) is 4.98 Å². The number of anilines is 1. The van der Waals surface area contributed by atoms with Gasteiger partial charge >= 0.3 is 6.18 Å². The first-order chi connectivity index (χ1) is 12.2. The van der Waals surface area contributed by atoms with Crippen molar-refractivity contribution < 1.29 is 18.0 Å². The van der Waals surface area contributed by atoms with E-state index in [1.807, 2.05) is 0 Å². The molecule has 0 radical (unpaired) electrons. The van der Waals surface area contributed by atoms with Crippen LogP contribution in [0.25, 0.3) is 0 Å². The van der Waals surface area contributed by atoms with Crippen LogP contribution in [0.1, 0.15) is 53.7 Å². The van der Waals surface area contributed by atoms with Crippen LogP contribution in [0, 0.1) is 0 Å². The fourth-order valence-corrected chi connectivity index (χ4v) is 2.59. The summed E-state index contributed by atoms with van der Waals surface area (Å²) >= 11 is 0. The van der Waals surface area contributed by atoms with E-state index in [0.29, 0.717) is 5.56 Å². The van der Waals surface area contributed by atoms with Crippen molar-refractivity contribution in [1.82, 2.24) is 9.97 Å². The number of carbonyl (C=O) groups is 1. The Morgan fingerprint density at radius 3 is 2.54 bits per heavy atom. The summed E-state index contributed by atoms with van der Waals surface area (Å²) in [5.41, 5.74) is -0.483. The van der Waals surface area contributed by atoms with Crippen LogP contribution in [-0.4, -0.2) is 21.8 Å². The van der Waals surface area contributed by atoms with Crippen LogP contribution in [0.4, 0.5) is 19.1 Å². The molecular weight excluding hydrogens is 347 g/mol. The number of nitrogens with zero attached hydrogens (tertiary/aromatic N) is 1. The van der Waals surface area contributed by atoms with E-state index in [0.717, 1.165) is 31.0 Å². The molecular formula is C18H18F3N3O2. The molecule has 1 aromatic heterocycles. The summed E-state index contributed by atoms with van der Waals surface area (Å²) in [5.74, 6) is -0.362. The maximum Gasteiger partial charge on any atom is 0.416 e. The molecule has 1 atom stereocenters. The van der Waals surface area contributed by atoms with Crippen molar-refractivity contribution in [3.05, 3.63) is 57.5 Å². The Kier molecular flexibility index (Phi) is 4.84. The largest absolute Gasteiger partial charge is 0.416 e. The average molecular weight is 365 g/mol. The molecule has 26 heavy (non-hydrogen) atoms. The Bertz CT molecular complexity index is 855. The standard InChI is InChI=1S/C18H18F3N3O2/c1-10(11-2-4-12(5-3-11)18(19,20)21)8-15(25)14-9-16(26)24-17(23-14)22-13-6-7-13/h2-5,9-10,13H,6-8H2,1H3,(H2,22,23,24,26)/t10-/m0/s1. The second-order valence-corrected chi connectivity index (χ2v) is 6.55. The van der Waals surface area contributed by atoms with Crippen molar-refractivity contribution in [1.29, 1.82) is 0 Å². The zero-order valence-electron chi connectivity index (χ0n) is 14.1. The third-order valence-electron chi connectivity index (χ3n) is 4.24.